The minimum absolute atomic E-state index is 0.264. The summed E-state index contributed by atoms with van der Waals surface area (Å²) in [6.45, 7) is 2.24. The molecule has 0 atom stereocenters. The number of rotatable bonds is 2. The van der Waals surface area contributed by atoms with Crippen molar-refractivity contribution in [3.8, 4) is 0 Å². The van der Waals surface area contributed by atoms with Gasteiger partial charge in [-0.15, -0.1) is 0 Å². The molecule has 1 aliphatic heterocycles. The summed E-state index contributed by atoms with van der Waals surface area (Å²) in [5.74, 6) is -3.38. The van der Waals surface area contributed by atoms with Gasteiger partial charge >= 0.3 is 11.9 Å². The molecule has 15 heavy (non-hydrogen) atoms. The van der Waals surface area contributed by atoms with E-state index in [1.54, 1.807) is 0 Å². The van der Waals surface area contributed by atoms with Crippen LogP contribution in [-0.2, 0) is 14.4 Å². The zero-order valence-electron chi connectivity index (χ0n) is 8.18. The summed E-state index contributed by atoms with van der Waals surface area (Å²) >= 11 is 0. The maximum atomic E-state index is 10.8. The van der Waals surface area contributed by atoms with Crippen molar-refractivity contribution in [3.63, 3.8) is 0 Å². The molecule has 1 heterocycles. The van der Waals surface area contributed by atoms with Gasteiger partial charge in [-0.2, -0.15) is 0 Å². The Bertz CT molecular complexity index is 241. The SMILES string of the molecule is NCCN1CCCC1=O.O=C(O)C(=O)O. The third-order valence-corrected chi connectivity index (χ3v) is 1.75. The van der Waals surface area contributed by atoms with Gasteiger partial charge in [0.05, 0.1) is 0 Å². The fraction of sp³-hybridized carbons (Fsp3) is 0.625. The van der Waals surface area contributed by atoms with Crippen molar-refractivity contribution in [2.75, 3.05) is 19.6 Å². The van der Waals surface area contributed by atoms with E-state index >= 15 is 0 Å². The molecule has 1 amide bonds. The van der Waals surface area contributed by atoms with Crippen LogP contribution in [0.5, 0.6) is 0 Å². The highest BCUT2D eigenvalue weighted by Crippen LogP contribution is 2.07. The van der Waals surface area contributed by atoms with Crippen LogP contribution in [0.15, 0.2) is 0 Å². The molecule has 0 radical (unpaired) electrons. The molecule has 7 nitrogen and oxygen atoms in total. The molecule has 4 N–H and O–H groups in total. The van der Waals surface area contributed by atoms with Crippen molar-refractivity contribution in [2.24, 2.45) is 5.73 Å². The number of hydrogen-bond acceptors (Lipinski definition) is 4. The van der Waals surface area contributed by atoms with Crippen molar-refractivity contribution < 1.29 is 24.6 Å². The lowest BCUT2D eigenvalue weighted by molar-refractivity contribution is -0.159. The zero-order valence-corrected chi connectivity index (χ0v) is 8.18. The van der Waals surface area contributed by atoms with E-state index in [9.17, 15) is 4.79 Å². The summed E-state index contributed by atoms with van der Waals surface area (Å²) in [6.07, 6.45) is 1.73. The Labute approximate surface area is 86.5 Å². The number of carboxylic acid groups (broad SMARTS) is 2. The van der Waals surface area contributed by atoms with Gasteiger partial charge in [0.25, 0.3) is 0 Å². The molecule has 0 spiro atoms. The quantitative estimate of drug-likeness (QED) is 0.496. The second-order valence-corrected chi connectivity index (χ2v) is 2.88. The fourth-order valence-corrected chi connectivity index (χ4v) is 1.10. The first-order valence-electron chi connectivity index (χ1n) is 4.43. The van der Waals surface area contributed by atoms with Crippen LogP contribution in [0.1, 0.15) is 12.8 Å². The molecule has 0 aromatic rings. The minimum Gasteiger partial charge on any atom is -0.473 e. The molecule has 0 aromatic heterocycles. The Hall–Kier alpha value is -1.63. The van der Waals surface area contributed by atoms with Crippen LogP contribution in [0.2, 0.25) is 0 Å². The summed E-state index contributed by atoms with van der Waals surface area (Å²) in [4.78, 5) is 30.9. The summed E-state index contributed by atoms with van der Waals surface area (Å²) < 4.78 is 0. The molecule has 0 bridgehead atoms. The Kier molecular flexibility index (Phi) is 6.03. The fourth-order valence-electron chi connectivity index (χ4n) is 1.10. The minimum atomic E-state index is -1.82. The van der Waals surface area contributed by atoms with E-state index in [0.717, 1.165) is 25.9 Å². The van der Waals surface area contributed by atoms with E-state index in [4.69, 9.17) is 25.5 Å². The van der Waals surface area contributed by atoms with E-state index in [1.165, 1.54) is 0 Å². The zero-order chi connectivity index (χ0) is 11.8. The Morgan fingerprint density at radius 3 is 2.13 bits per heavy atom. The molecule has 0 saturated carbocycles. The first-order chi connectivity index (χ1) is 6.99. The van der Waals surface area contributed by atoms with Crippen molar-refractivity contribution in [1.82, 2.24) is 4.90 Å². The lowest BCUT2D eigenvalue weighted by atomic mass is 10.4. The predicted octanol–water partition coefficient (Wildman–Crippen LogP) is -1.28. The number of nitrogens with two attached hydrogens (primary N) is 1. The second-order valence-electron chi connectivity index (χ2n) is 2.88. The van der Waals surface area contributed by atoms with E-state index in [0.29, 0.717) is 6.54 Å². The molecular formula is C8H14N2O5. The summed E-state index contributed by atoms with van der Waals surface area (Å²) in [6, 6.07) is 0. The summed E-state index contributed by atoms with van der Waals surface area (Å²) in [5, 5.41) is 14.8. The topological polar surface area (TPSA) is 121 Å². The Morgan fingerprint density at radius 2 is 1.87 bits per heavy atom. The van der Waals surface area contributed by atoms with Gasteiger partial charge in [-0.25, -0.2) is 9.59 Å². The van der Waals surface area contributed by atoms with Crippen LogP contribution in [0, 0.1) is 0 Å². The number of likely N-dealkylation sites (tertiary alicyclic amines) is 1. The van der Waals surface area contributed by atoms with Gasteiger partial charge in [-0.1, -0.05) is 0 Å². The first-order valence-corrected chi connectivity index (χ1v) is 4.43. The van der Waals surface area contributed by atoms with E-state index in [-0.39, 0.29) is 5.91 Å². The number of amides is 1. The smallest absolute Gasteiger partial charge is 0.414 e. The molecule has 0 aliphatic carbocycles. The average molecular weight is 218 g/mol. The maximum Gasteiger partial charge on any atom is 0.414 e. The highest BCUT2D eigenvalue weighted by atomic mass is 16.4. The van der Waals surface area contributed by atoms with Crippen molar-refractivity contribution in [1.29, 1.82) is 0 Å². The average Bonchev–Trinajstić information content (AvgIpc) is 2.53. The van der Waals surface area contributed by atoms with Crippen LogP contribution < -0.4 is 5.73 Å². The van der Waals surface area contributed by atoms with E-state index < -0.39 is 11.9 Å². The number of nitrogens with zero attached hydrogens (tertiary/aromatic N) is 1. The second kappa shape index (κ2) is 6.77. The van der Waals surface area contributed by atoms with Crippen molar-refractivity contribution in [3.05, 3.63) is 0 Å². The van der Waals surface area contributed by atoms with Crippen LogP contribution >= 0.6 is 0 Å². The molecule has 0 unspecified atom stereocenters. The molecule has 1 saturated heterocycles. The third kappa shape index (κ3) is 5.63. The standard InChI is InChI=1S/C6H12N2O.C2H2O4/c7-3-5-8-4-1-2-6(8)9;3-1(4)2(5)6/h1-5,7H2;(H,3,4)(H,5,6). The molecule has 7 heteroatoms. The third-order valence-electron chi connectivity index (χ3n) is 1.75. The molecular weight excluding hydrogens is 204 g/mol. The predicted molar refractivity (Wildman–Crippen MR) is 50.1 cm³/mol. The normalized spacial score (nSPS) is 14.5. The Balaban J connectivity index is 0.000000288. The molecule has 1 fully saturated rings. The van der Waals surface area contributed by atoms with E-state index in [1.807, 2.05) is 4.90 Å². The molecule has 1 rings (SSSR count). The highest BCUT2D eigenvalue weighted by molar-refractivity contribution is 6.27. The van der Waals surface area contributed by atoms with Gasteiger partial charge in [-0.3, -0.25) is 4.79 Å². The number of carbonyl (C=O) groups excluding carboxylic acids is 1. The van der Waals surface area contributed by atoms with Crippen molar-refractivity contribution in [2.45, 2.75) is 12.8 Å². The summed E-state index contributed by atoms with van der Waals surface area (Å²) in [5.41, 5.74) is 5.28. The largest absolute Gasteiger partial charge is 0.473 e. The van der Waals surface area contributed by atoms with E-state index in [2.05, 4.69) is 0 Å². The Morgan fingerprint density at radius 1 is 1.33 bits per heavy atom. The number of carboxylic acids is 2. The van der Waals surface area contributed by atoms with Crippen LogP contribution in [-0.4, -0.2) is 52.6 Å². The highest BCUT2D eigenvalue weighted by Gasteiger charge is 2.18. The lowest BCUT2D eigenvalue weighted by Crippen LogP contribution is -2.30. The molecule has 86 valence electrons. The van der Waals surface area contributed by atoms with Crippen molar-refractivity contribution >= 4 is 17.8 Å². The number of aliphatic carboxylic acids is 2. The molecule has 1 aliphatic rings. The van der Waals surface area contributed by atoms with Gasteiger partial charge in [0.2, 0.25) is 5.91 Å². The summed E-state index contributed by atoms with van der Waals surface area (Å²) in [7, 11) is 0. The van der Waals surface area contributed by atoms with Gasteiger partial charge < -0.3 is 20.8 Å². The monoisotopic (exact) mass is 218 g/mol. The van der Waals surface area contributed by atoms with Gasteiger partial charge in [0, 0.05) is 26.1 Å². The van der Waals surface area contributed by atoms with Gasteiger partial charge in [0.1, 0.15) is 0 Å². The number of carbonyl (C=O) groups is 3. The molecule has 0 aromatic carbocycles. The van der Waals surface area contributed by atoms with Gasteiger partial charge in [-0.05, 0) is 6.42 Å². The lowest BCUT2D eigenvalue weighted by Gasteiger charge is -2.12. The van der Waals surface area contributed by atoms with Crippen LogP contribution in [0.25, 0.3) is 0 Å². The number of hydrogen-bond donors (Lipinski definition) is 3. The van der Waals surface area contributed by atoms with Crippen LogP contribution in [0.3, 0.4) is 0 Å². The van der Waals surface area contributed by atoms with Crippen LogP contribution in [0.4, 0.5) is 0 Å². The first kappa shape index (κ1) is 13.4. The van der Waals surface area contributed by atoms with Gasteiger partial charge in [0.15, 0.2) is 0 Å². The maximum absolute atomic E-state index is 10.8.